The first-order chi connectivity index (χ1) is 44.3. The van der Waals surface area contributed by atoms with Crippen molar-refractivity contribution in [3.63, 3.8) is 0 Å². The zero-order valence-corrected chi connectivity index (χ0v) is 57.5. The van der Waals surface area contributed by atoms with Gasteiger partial charge in [-0.2, -0.15) is 0 Å². The Balaban J connectivity index is 4.27. The molecule has 1 aliphatic heterocycles. The van der Waals surface area contributed by atoms with Gasteiger partial charge in [-0.25, -0.2) is 4.79 Å². The SMILES string of the molecule is CCCCCCC[C@H](O)CC(=O)N[C@H](CC(C)C)C(=O)N[C@H](CC(=O)O)C(=O)N[C@H]1C(=O)N[C@H](C(C)C)C(=O)N[C@H](C(C)C)C(=O)N[C@H](CO)C(=O)N[C@@H](C(C)C)C(=O)N[C@H](CCC(N)=O)C(=O)N[C@@H](C(C)C)C(=O)N[C@@H](C(C)CC)C(=O)N[C@@H](CCC(=O)O)C(=O)O[C@@H]1C. The average molecular weight is 1350 g/mol. The summed E-state index contributed by atoms with van der Waals surface area (Å²) in [5.41, 5.74) is 5.43. The van der Waals surface area contributed by atoms with Crippen molar-refractivity contribution < 1.29 is 97.1 Å². The van der Waals surface area contributed by atoms with Gasteiger partial charge in [0.2, 0.25) is 70.9 Å². The predicted octanol–water partition coefficient (Wildman–Crippen LogP) is -1.31. The monoisotopic (exact) mass is 1350 g/mol. The number of hydrogen-bond acceptors (Lipinski definition) is 18. The minimum absolute atomic E-state index is 0.0415. The number of carbonyl (C=O) groups excluding carboxylic acids is 13. The third-order valence-electron chi connectivity index (χ3n) is 15.9. The fraction of sp³-hybridized carbons (Fsp3) is 0.762. The van der Waals surface area contributed by atoms with Gasteiger partial charge in [-0.3, -0.25) is 67.1 Å². The van der Waals surface area contributed by atoms with Gasteiger partial charge < -0.3 is 89.4 Å². The summed E-state index contributed by atoms with van der Waals surface area (Å²) in [5, 5.41) is 67.9. The number of nitrogens with one attached hydrogen (secondary N) is 11. The Kier molecular flexibility index (Phi) is 37.9. The molecule has 12 amide bonds. The highest BCUT2D eigenvalue weighted by Gasteiger charge is 2.42. The molecule has 1 unspecified atom stereocenters. The number of cyclic esters (lactones) is 1. The molecule has 0 aromatic carbocycles. The van der Waals surface area contributed by atoms with Crippen LogP contribution in [-0.4, -0.2) is 194 Å². The molecule has 1 fully saturated rings. The Morgan fingerprint density at radius 2 is 0.958 bits per heavy atom. The quantitative estimate of drug-likeness (QED) is 0.0293. The van der Waals surface area contributed by atoms with Crippen LogP contribution in [0.1, 0.15) is 187 Å². The topological polar surface area (TPSA) is 505 Å². The van der Waals surface area contributed by atoms with Crippen LogP contribution in [0, 0.1) is 35.5 Å². The number of carboxylic acids is 2. The highest BCUT2D eigenvalue weighted by atomic mass is 16.5. The van der Waals surface area contributed by atoms with E-state index in [2.05, 4.69) is 58.5 Å². The molecule has 0 aromatic rings. The van der Waals surface area contributed by atoms with E-state index in [0.717, 1.165) is 32.6 Å². The number of ether oxygens (including phenoxy) is 1. The van der Waals surface area contributed by atoms with Crippen LogP contribution >= 0.6 is 0 Å². The van der Waals surface area contributed by atoms with Crippen LogP contribution in [-0.2, 0) is 76.7 Å². The van der Waals surface area contributed by atoms with E-state index in [-0.39, 0.29) is 25.2 Å². The number of aliphatic hydroxyl groups is 2. The number of amides is 12. The third-order valence-corrected chi connectivity index (χ3v) is 15.9. The Bertz CT molecular complexity index is 2640. The molecule has 0 radical (unpaired) electrons. The maximum absolute atomic E-state index is 14.9. The number of nitrogens with two attached hydrogens (primary N) is 1. The number of carboxylic acid groups (broad SMARTS) is 2. The van der Waals surface area contributed by atoms with E-state index in [1.54, 1.807) is 27.7 Å². The number of carbonyl (C=O) groups is 15. The second-order valence-electron chi connectivity index (χ2n) is 26.2. The maximum Gasteiger partial charge on any atom is 0.329 e. The zero-order valence-electron chi connectivity index (χ0n) is 57.5. The Labute approximate surface area is 555 Å². The van der Waals surface area contributed by atoms with E-state index >= 15 is 0 Å². The highest BCUT2D eigenvalue weighted by molar-refractivity contribution is 6.00. The fourth-order valence-electron chi connectivity index (χ4n) is 10.0. The van der Waals surface area contributed by atoms with Crippen LogP contribution in [0.15, 0.2) is 0 Å². The summed E-state index contributed by atoms with van der Waals surface area (Å²) in [4.78, 5) is 207. The summed E-state index contributed by atoms with van der Waals surface area (Å²) < 4.78 is 5.74. The molecule has 0 spiro atoms. The molecule has 0 aliphatic carbocycles. The van der Waals surface area contributed by atoms with Crippen molar-refractivity contribution in [3.8, 4) is 0 Å². The van der Waals surface area contributed by atoms with Crippen molar-refractivity contribution in [1.82, 2.24) is 58.5 Å². The normalized spacial score (nSPS) is 24.2. The Morgan fingerprint density at radius 1 is 0.516 bits per heavy atom. The molecule has 1 heterocycles. The molecule has 32 nitrogen and oxygen atoms in total. The van der Waals surface area contributed by atoms with E-state index in [4.69, 9.17) is 10.5 Å². The molecule has 540 valence electrons. The fourth-order valence-corrected chi connectivity index (χ4v) is 10.0. The number of unbranched alkanes of at least 4 members (excludes halogenated alkanes) is 4. The van der Waals surface area contributed by atoms with Gasteiger partial charge in [0.15, 0.2) is 0 Å². The van der Waals surface area contributed by atoms with Gasteiger partial charge in [0.1, 0.15) is 72.6 Å². The lowest BCUT2D eigenvalue weighted by Gasteiger charge is -2.32. The van der Waals surface area contributed by atoms with Gasteiger partial charge in [0.05, 0.1) is 25.6 Å². The second-order valence-corrected chi connectivity index (χ2v) is 26.2. The summed E-state index contributed by atoms with van der Waals surface area (Å²) in [6.07, 6.45) is -2.04. The van der Waals surface area contributed by atoms with E-state index in [9.17, 15) is 92.3 Å². The molecule has 1 saturated heterocycles. The predicted molar refractivity (Wildman–Crippen MR) is 344 cm³/mol. The second kappa shape index (κ2) is 42.4. The highest BCUT2D eigenvalue weighted by Crippen LogP contribution is 2.17. The lowest BCUT2D eigenvalue weighted by atomic mass is 9.95. The van der Waals surface area contributed by atoms with Gasteiger partial charge in [-0.15, -0.1) is 0 Å². The number of aliphatic hydroxyl groups excluding tert-OH is 2. The summed E-state index contributed by atoms with van der Waals surface area (Å²) in [7, 11) is 0. The van der Waals surface area contributed by atoms with Gasteiger partial charge in [-0.05, 0) is 68.1 Å². The van der Waals surface area contributed by atoms with Crippen molar-refractivity contribution in [3.05, 3.63) is 0 Å². The summed E-state index contributed by atoms with van der Waals surface area (Å²) in [6.45, 7) is 20.7. The van der Waals surface area contributed by atoms with E-state index < -0.39 is 236 Å². The average Bonchev–Trinajstić information content (AvgIpc) is 0.891. The molecule has 0 saturated carbocycles. The van der Waals surface area contributed by atoms with Crippen molar-refractivity contribution in [1.29, 1.82) is 0 Å². The minimum Gasteiger partial charge on any atom is -0.481 e. The first kappa shape index (κ1) is 85.0. The summed E-state index contributed by atoms with van der Waals surface area (Å²) in [6, 6.07) is -18.7. The molecule has 0 bridgehead atoms. The lowest BCUT2D eigenvalue weighted by molar-refractivity contribution is -0.157. The smallest absolute Gasteiger partial charge is 0.329 e. The van der Waals surface area contributed by atoms with Crippen molar-refractivity contribution >= 4 is 88.8 Å². The number of primary amides is 1. The maximum atomic E-state index is 14.9. The first-order valence-electron chi connectivity index (χ1n) is 32.8. The first-order valence-corrected chi connectivity index (χ1v) is 32.8. The zero-order chi connectivity index (χ0) is 72.7. The Hall–Kier alpha value is -8.03. The van der Waals surface area contributed by atoms with Crippen LogP contribution in [0.3, 0.4) is 0 Å². The Morgan fingerprint density at radius 3 is 1.42 bits per heavy atom. The molecule has 1 aliphatic rings. The summed E-state index contributed by atoms with van der Waals surface area (Å²) >= 11 is 0. The van der Waals surface area contributed by atoms with E-state index in [1.807, 2.05) is 6.92 Å². The van der Waals surface area contributed by atoms with E-state index in [0.29, 0.717) is 12.8 Å². The number of rotatable bonds is 30. The van der Waals surface area contributed by atoms with Crippen LogP contribution in [0.4, 0.5) is 0 Å². The standard InChI is InChI=1S/C63H108N12O20/c1-15-17-18-19-20-21-37(77)27-44(79)65-40(26-30(3)4)54(85)68-41(28-46(82)83)55(86)75-52-36(14)95-63(94)39(23-25-45(80)81)67-61(92)51(35(13)16-2)74-60(91)49(33(9)10)70-53(84)38(22-24-43(64)78)66-57(88)47(31(5)6)71-56(87)42(29-76)69-58(89)48(32(7)8)72-59(90)50(34(11)12)73-62(52)93/h30-42,47-52,76-77H,15-29H2,1-14H3,(H2,64,78)(H,65,79)(H,66,88)(H,67,92)(H,68,85)(H,69,89)(H,70,84)(H,71,87)(H,72,90)(H,73,93)(H,74,91)(H,75,86)(H,80,81)(H,82,83)/t35?,36-,37+,38-,39+,40-,41-,42-,47+,48-,49+,50-,51+,52-/m1/s1. The van der Waals surface area contributed by atoms with Gasteiger partial charge in [0.25, 0.3) is 0 Å². The van der Waals surface area contributed by atoms with Crippen molar-refractivity contribution in [2.24, 2.45) is 41.2 Å². The molecule has 14 atom stereocenters. The molecule has 17 N–H and O–H groups in total. The van der Waals surface area contributed by atoms with Crippen molar-refractivity contribution in [2.75, 3.05) is 6.61 Å². The van der Waals surface area contributed by atoms with E-state index in [1.165, 1.54) is 55.4 Å². The molecule has 95 heavy (non-hydrogen) atoms. The molecule has 32 heteroatoms. The van der Waals surface area contributed by atoms with Gasteiger partial charge >= 0.3 is 17.9 Å². The largest absolute Gasteiger partial charge is 0.481 e. The summed E-state index contributed by atoms with van der Waals surface area (Å²) in [5.74, 6) is -21.5. The number of aliphatic carboxylic acids is 2. The molecular weight excluding hydrogens is 1240 g/mol. The number of hydrogen-bond donors (Lipinski definition) is 16. The minimum atomic E-state index is -2.18. The number of esters is 1. The third kappa shape index (κ3) is 30.5. The van der Waals surface area contributed by atoms with Crippen LogP contribution < -0.4 is 64.2 Å². The van der Waals surface area contributed by atoms with Crippen LogP contribution in [0.5, 0.6) is 0 Å². The molecule has 0 aromatic heterocycles. The molecule has 1 rings (SSSR count). The lowest BCUT2D eigenvalue weighted by Crippen LogP contribution is -2.64. The van der Waals surface area contributed by atoms with Crippen molar-refractivity contribution in [2.45, 2.75) is 265 Å². The van der Waals surface area contributed by atoms with Crippen LogP contribution in [0.2, 0.25) is 0 Å². The van der Waals surface area contributed by atoms with Gasteiger partial charge in [-0.1, -0.05) is 129 Å². The van der Waals surface area contributed by atoms with Gasteiger partial charge in [0, 0.05) is 12.8 Å². The molecular formula is C63H108N12O20. The van der Waals surface area contributed by atoms with Crippen LogP contribution in [0.25, 0.3) is 0 Å².